The first kappa shape index (κ1) is 23.4. The number of benzene rings is 2. The van der Waals surface area contributed by atoms with Crippen LogP contribution in [0.5, 0.6) is 5.75 Å². The number of cyclic esters (lactones) is 1. The Morgan fingerprint density at radius 2 is 1.88 bits per heavy atom. The number of thiazole rings is 1. The van der Waals surface area contributed by atoms with Gasteiger partial charge in [0.15, 0.2) is 10.8 Å². The molecule has 8 heteroatoms. The highest BCUT2D eigenvalue weighted by atomic mass is 32.1. The number of carbonyl (C=O) groups is 2. The SMILES string of the molecule is COc1cccc(N(C(C)=O)c2nc(C=C3N=C(c4ccc(C(C)(C)C)cc4)OC3=O)cs2)c1. The zero-order valence-electron chi connectivity index (χ0n) is 19.7. The molecule has 0 N–H and O–H groups in total. The summed E-state index contributed by atoms with van der Waals surface area (Å²) in [5.41, 5.74) is 3.23. The third-order valence-electron chi connectivity index (χ3n) is 5.23. The molecule has 0 saturated heterocycles. The Bertz CT molecular complexity index is 1300. The second-order valence-corrected chi connectivity index (χ2v) is 9.61. The Morgan fingerprint density at radius 3 is 2.53 bits per heavy atom. The summed E-state index contributed by atoms with van der Waals surface area (Å²) in [5.74, 6) is 0.157. The van der Waals surface area contributed by atoms with Gasteiger partial charge in [-0.3, -0.25) is 9.69 Å². The van der Waals surface area contributed by atoms with Crippen LogP contribution in [0.3, 0.4) is 0 Å². The van der Waals surface area contributed by atoms with Crippen molar-refractivity contribution in [3.8, 4) is 5.75 Å². The summed E-state index contributed by atoms with van der Waals surface area (Å²) in [5, 5.41) is 2.23. The monoisotopic (exact) mass is 475 g/mol. The predicted octanol–water partition coefficient (Wildman–Crippen LogP) is 5.48. The zero-order valence-corrected chi connectivity index (χ0v) is 20.5. The van der Waals surface area contributed by atoms with Crippen molar-refractivity contribution in [2.45, 2.75) is 33.1 Å². The van der Waals surface area contributed by atoms with Gasteiger partial charge >= 0.3 is 5.97 Å². The van der Waals surface area contributed by atoms with Gasteiger partial charge in [-0.1, -0.05) is 39.0 Å². The lowest BCUT2D eigenvalue weighted by atomic mass is 9.87. The quantitative estimate of drug-likeness (QED) is 0.361. The summed E-state index contributed by atoms with van der Waals surface area (Å²) in [6, 6.07) is 15.0. The zero-order chi connectivity index (χ0) is 24.5. The standard InChI is InChI=1S/C26H25N3O4S/c1-16(30)29(20-7-6-8-21(14-20)32-5)25-27-19(15-34-25)13-22-24(31)33-23(28-22)17-9-11-18(12-10-17)26(2,3)4/h6-15H,1-5H3. The summed E-state index contributed by atoms with van der Waals surface area (Å²) in [6.07, 6.45) is 1.56. The molecular formula is C26H25N3O4S. The number of methoxy groups -OCH3 is 1. The van der Waals surface area contributed by atoms with E-state index < -0.39 is 5.97 Å². The van der Waals surface area contributed by atoms with E-state index in [1.807, 2.05) is 24.3 Å². The number of nitrogens with zero attached hydrogens (tertiary/aromatic N) is 3. The highest BCUT2D eigenvalue weighted by Gasteiger charge is 2.25. The molecule has 2 aromatic carbocycles. The molecule has 34 heavy (non-hydrogen) atoms. The van der Waals surface area contributed by atoms with E-state index in [1.165, 1.54) is 28.7 Å². The van der Waals surface area contributed by atoms with Crippen molar-refractivity contribution in [3.05, 3.63) is 76.4 Å². The van der Waals surface area contributed by atoms with Gasteiger partial charge in [0.1, 0.15) is 5.75 Å². The molecule has 1 amide bonds. The minimum Gasteiger partial charge on any atom is -0.497 e. The van der Waals surface area contributed by atoms with Crippen molar-refractivity contribution in [3.63, 3.8) is 0 Å². The van der Waals surface area contributed by atoms with E-state index in [0.717, 1.165) is 5.56 Å². The summed E-state index contributed by atoms with van der Waals surface area (Å²) >= 11 is 1.29. The number of aliphatic imine (C=N–C) groups is 1. The number of rotatable bonds is 5. The third-order valence-corrected chi connectivity index (χ3v) is 6.07. The van der Waals surface area contributed by atoms with Crippen molar-refractivity contribution in [1.29, 1.82) is 0 Å². The van der Waals surface area contributed by atoms with Crippen LogP contribution in [0.2, 0.25) is 0 Å². The molecule has 1 aliphatic heterocycles. The minimum atomic E-state index is -0.541. The lowest BCUT2D eigenvalue weighted by Gasteiger charge is -2.18. The highest BCUT2D eigenvalue weighted by Crippen LogP contribution is 2.32. The lowest BCUT2D eigenvalue weighted by Crippen LogP contribution is -2.22. The maximum atomic E-state index is 12.4. The third kappa shape index (κ3) is 4.92. The molecule has 3 aromatic rings. The van der Waals surface area contributed by atoms with Crippen LogP contribution in [0, 0.1) is 0 Å². The molecule has 0 saturated carbocycles. The fraction of sp³-hybridized carbons (Fsp3) is 0.231. The molecule has 1 aliphatic rings. The first-order valence-corrected chi connectivity index (χ1v) is 11.6. The van der Waals surface area contributed by atoms with E-state index in [2.05, 4.69) is 30.7 Å². The molecule has 174 valence electrons. The number of hydrogen-bond donors (Lipinski definition) is 0. The minimum absolute atomic E-state index is 0.0265. The fourth-order valence-corrected chi connectivity index (χ4v) is 4.25. The Hall–Kier alpha value is -3.78. The maximum Gasteiger partial charge on any atom is 0.363 e. The van der Waals surface area contributed by atoms with Gasteiger partial charge in [-0.25, -0.2) is 14.8 Å². The van der Waals surface area contributed by atoms with E-state index in [-0.39, 0.29) is 22.9 Å². The normalized spacial score (nSPS) is 14.7. The highest BCUT2D eigenvalue weighted by molar-refractivity contribution is 7.14. The number of esters is 1. The molecule has 7 nitrogen and oxygen atoms in total. The van der Waals surface area contributed by atoms with Crippen LogP contribution in [0.1, 0.15) is 44.5 Å². The van der Waals surface area contributed by atoms with E-state index in [1.54, 1.807) is 42.8 Å². The van der Waals surface area contributed by atoms with Crippen molar-refractivity contribution < 1.29 is 19.1 Å². The second kappa shape index (κ2) is 9.23. The van der Waals surface area contributed by atoms with Gasteiger partial charge in [0, 0.05) is 23.9 Å². The van der Waals surface area contributed by atoms with E-state index in [4.69, 9.17) is 9.47 Å². The molecule has 0 aliphatic carbocycles. The molecular weight excluding hydrogens is 450 g/mol. The van der Waals surface area contributed by atoms with Crippen LogP contribution in [-0.2, 0) is 19.7 Å². The smallest absolute Gasteiger partial charge is 0.363 e. The van der Waals surface area contributed by atoms with Crippen molar-refractivity contribution in [1.82, 2.24) is 4.98 Å². The lowest BCUT2D eigenvalue weighted by molar-refractivity contribution is -0.130. The first-order chi connectivity index (χ1) is 16.2. The molecule has 0 bridgehead atoms. The van der Waals surface area contributed by atoms with Crippen LogP contribution in [-0.4, -0.2) is 29.9 Å². The van der Waals surface area contributed by atoms with Crippen LogP contribution in [0.15, 0.2) is 64.6 Å². The molecule has 1 aromatic heterocycles. The van der Waals surface area contributed by atoms with E-state index in [0.29, 0.717) is 22.3 Å². The largest absolute Gasteiger partial charge is 0.497 e. The average Bonchev–Trinajstić information content (AvgIpc) is 3.40. The molecule has 0 atom stereocenters. The number of anilines is 2. The topological polar surface area (TPSA) is 81.1 Å². The van der Waals surface area contributed by atoms with Crippen LogP contribution >= 0.6 is 11.3 Å². The Kier molecular flexibility index (Phi) is 6.34. The molecule has 0 fully saturated rings. The average molecular weight is 476 g/mol. The summed E-state index contributed by atoms with van der Waals surface area (Å²) < 4.78 is 10.7. The molecule has 2 heterocycles. The Balaban J connectivity index is 1.60. The van der Waals surface area contributed by atoms with Gasteiger partial charge in [0.25, 0.3) is 0 Å². The summed E-state index contributed by atoms with van der Waals surface area (Å²) in [6.45, 7) is 7.88. The van der Waals surface area contributed by atoms with Crippen LogP contribution < -0.4 is 9.64 Å². The van der Waals surface area contributed by atoms with Crippen molar-refractivity contribution >= 4 is 46.0 Å². The Morgan fingerprint density at radius 1 is 1.15 bits per heavy atom. The van der Waals surface area contributed by atoms with Crippen LogP contribution in [0.4, 0.5) is 10.8 Å². The number of aromatic nitrogens is 1. The maximum absolute atomic E-state index is 12.4. The second-order valence-electron chi connectivity index (χ2n) is 8.77. The fourth-order valence-electron chi connectivity index (χ4n) is 3.41. The molecule has 0 spiro atoms. The number of hydrogen-bond acceptors (Lipinski definition) is 7. The molecule has 0 radical (unpaired) electrons. The van der Waals surface area contributed by atoms with Gasteiger partial charge < -0.3 is 9.47 Å². The molecule has 0 unspecified atom stereocenters. The first-order valence-electron chi connectivity index (χ1n) is 10.7. The predicted molar refractivity (Wildman–Crippen MR) is 134 cm³/mol. The molecule has 4 rings (SSSR count). The van der Waals surface area contributed by atoms with Crippen LogP contribution in [0.25, 0.3) is 6.08 Å². The van der Waals surface area contributed by atoms with Crippen molar-refractivity contribution in [2.24, 2.45) is 4.99 Å². The number of amides is 1. The number of carbonyl (C=O) groups excluding carboxylic acids is 2. The van der Waals surface area contributed by atoms with Gasteiger partial charge in [0.05, 0.1) is 18.5 Å². The van der Waals surface area contributed by atoms with Gasteiger partial charge in [-0.2, -0.15) is 0 Å². The Labute approximate surface area is 202 Å². The van der Waals surface area contributed by atoms with Gasteiger partial charge in [-0.05, 0) is 41.3 Å². The van der Waals surface area contributed by atoms with E-state index >= 15 is 0 Å². The van der Waals surface area contributed by atoms with E-state index in [9.17, 15) is 9.59 Å². The number of ether oxygens (including phenoxy) is 2. The van der Waals surface area contributed by atoms with Crippen molar-refractivity contribution in [2.75, 3.05) is 12.0 Å². The summed E-state index contributed by atoms with van der Waals surface area (Å²) in [7, 11) is 1.57. The van der Waals surface area contributed by atoms with Gasteiger partial charge in [-0.15, -0.1) is 11.3 Å². The summed E-state index contributed by atoms with van der Waals surface area (Å²) in [4.78, 5) is 35.2. The van der Waals surface area contributed by atoms with Gasteiger partial charge in [0.2, 0.25) is 11.8 Å².